The van der Waals surface area contributed by atoms with Crippen molar-refractivity contribution < 1.29 is 9.47 Å². The molecule has 37 heavy (non-hydrogen) atoms. The zero-order valence-electron chi connectivity index (χ0n) is 20.8. The lowest BCUT2D eigenvalue weighted by molar-refractivity contribution is 0.282. The zero-order chi connectivity index (χ0) is 25.6. The Kier molecular flexibility index (Phi) is 8.50. The van der Waals surface area contributed by atoms with Crippen LogP contribution >= 0.6 is 34.2 Å². The second-order valence-electron chi connectivity index (χ2n) is 9.08. The molecule has 8 nitrogen and oxygen atoms in total. The Morgan fingerprint density at radius 2 is 1.76 bits per heavy atom. The van der Waals surface area contributed by atoms with Crippen LogP contribution in [0.25, 0.3) is 0 Å². The van der Waals surface area contributed by atoms with Crippen molar-refractivity contribution in [2.45, 2.75) is 32.3 Å². The predicted molar refractivity (Wildman–Crippen MR) is 158 cm³/mol. The van der Waals surface area contributed by atoms with E-state index >= 15 is 0 Å². The second kappa shape index (κ2) is 12.2. The average molecular weight is 633 g/mol. The van der Waals surface area contributed by atoms with Gasteiger partial charge in [0.2, 0.25) is 5.95 Å². The van der Waals surface area contributed by atoms with E-state index in [1.807, 2.05) is 42.5 Å². The smallest absolute Gasteiger partial charge is 0.229 e. The van der Waals surface area contributed by atoms with Gasteiger partial charge in [-0.15, -0.1) is 0 Å². The van der Waals surface area contributed by atoms with Gasteiger partial charge in [-0.1, -0.05) is 29.8 Å². The Hall–Kier alpha value is -2.79. The van der Waals surface area contributed by atoms with Crippen molar-refractivity contribution in [3.8, 4) is 11.5 Å². The molecule has 0 bridgehead atoms. The molecule has 3 aromatic rings. The van der Waals surface area contributed by atoms with E-state index in [2.05, 4.69) is 42.9 Å². The van der Waals surface area contributed by atoms with Crippen molar-refractivity contribution in [2.75, 3.05) is 48.5 Å². The van der Waals surface area contributed by atoms with Gasteiger partial charge >= 0.3 is 0 Å². The third kappa shape index (κ3) is 6.38. The number of hydrogen-bond donors (Lipinski definition) is 1. The van der Waals surface area contributed by atoms with Gasteiger partial charge in [0.15, 0.2) is 17.3 Å². The molecule has 0 amide bonds. The van der Waals surface area contributed by atoms with Crippen molar-refractivity contribution in [1.29, 1.82) is 0 Å². The fourth-order valence-electron chi connectivity index (χ4n) is 4.54. The van der Waals surface area contributed by atoms with Crippen LogP contribution in [0, 0.1) is 3.57 Å². The lowest BCUT2D eigenvalue weighted by Gasteiger charge is -2.21. The van der Waals surface area contributed by atoms with E-state index in [4.69, 9.17) is 31.0 Å². The number of nitrogens with one attached hydrogen (secondary N) is 1. The van der Waals surface area contributed by atoms with E-state index in [0.717, 1.165) is 52.6 Å². The molecule has 10 heteroatoms. The lowest BCUT2D eigenvalue weighted by atomic mass is 10.2. The minimum absolute atomic E-state index is 0.355. The van der Waals surface area contributed by atoms with E-state index in [0.29, 0.717) is 28.9 Å². The fourth-order valence-corrected chi connectivity index (χ4v) is 5.51. The number of halogens is 2. The number of hydrazone groups is 1. The molecule has 0 spiro atoms. The van der Waals surface area contributed by atoms with Crippen LogP contribution in [0.15, 0.2) is 47.6 Å². The molecular weight excluding hydrogens is 603 g/mol. The molecule has 2 aromatic carbocycles. The highest BCUT2D eigenvalue weighted by molar-refractivity contribution is 14.1. The van der Waals surface area contributed by atoms with E-state index in [9.17, 15) is 0 Å². The van der Waals surface area contributed by atoms with Crippen molar-refractivity contribution in [3.63, 3.8) is 0 Å². The van der Waals surface area contributed by atoms with E-state index in [1.54, 1.807) is 13.3 Å². The van der Waals surface area contributed by atoms with Crippen LogP contribution in [0.2, 0.25) is 5.02 Å². The highest BCUT2D eigenvalue weighted by Gasteiger charge is 2.20. The summed E-state index contributed by atoms with van der Waals surface area (Å²) in [5.41, 5.74) is 4.92. The summed E-state index contributed by atoms with van der Waals surface area (Å²) in [6, 6.07) is 13.5. The van der Waals surface area contributed by atoms with Gasteiger partial charge < -0.3 is 19.3 Å². The summed E-state index contributed by atoms with van der Waals surface area (Å²) in [6.07, 6.45) is 6.51. The van der Waals surface area contributed by atoms with Gasteiger partial charge in [0.05, 0.1) is 16.9 Å². The van der Waals surface area contributed by atoms with Gasteiger partial charge in [-0.25, -0.2) is 0 Å². The molecule has 0 radical (unpaired) electrons. The van der Waals surface area contributed by atoms with Gasteiger partial charge in [-0.2, -0.15) is 15.1 Å². The Labute approximate surface area is 236 Å². The van der Waals surface area contributed by atoms with Gasteiger partial charge in [0.25, 0.3) is 0 Å². The number of aromatic nitrogens is 2. The third-order valence-electron chi connectivity index (χ3n) is 6.49. The summed E-state index contributed by atoms with van der Waals surface area (Å²) >= 11 is 8.53. The molecule has 0 saturated carbocycles. The fraction of sp³-hybridized carbons (Fsp3) is 0.370. The Morgan fingerprint density at radius 3 is 2.49 bits per heavy atom. The molecule has 2 aliphatic rings. The molecule has 0 atom stereocenters. The number of anilines is 3. The highest BCUT2D eigenvalue weighted by atomic mass is 127. The molecular formula is C27H30ClIN6O2. The summed E-state index contributed by atoms with van der Waals surface area (Å²) in [5, 5.41) is 5.16. The van der Waals surface area contributed by atoms with Crippen molar-refractivity contribution in [2.24, 2.45) is 5.10 Å². The number of rotatable bonds is 9. The number of ether oxygens (including phenoxy) is 2. The van der Waals surface area contributed by atoms with E-state index in [-0.39, 0.29) is 0 Å². The van der Waals surface area contributed by atoms with Crippen LogP contribution in [0.1, 0.15) is 36.8 Å². The summed E-state index contributed by atoms with van der Waals surface area (Å²) in [6.45, 7) is 4.41. The Morgan fingerprint density at radius 1 is 1.03 bits per heavy atom. The Bertz CT molecular complexity index is 1230. The van der Waals surface area contributed by atoms with Crippen molar-refractivity contribution in [1.82, 2.24) is 9.97 Å². The summed E-state index contributed by atoms with van der Waals surface area (Å²) in [5.74, 6) is 3.74. The van der Waals surface area contributed by atoms with E-state index < -0.39 is 0 Å². The maximum absolute atomic E-state index is 6.28. The van der Waals surface area contributed by atoms with Crippen LogP contribution in [-0.2, 0) is 6.61 Å². The first-order valence-electron chi connectivity index (χ1n) is 12.5. The summed E-state index contributed by atoms with van der Waals surface area (Å²) in [4.78, 5) is 14.2. The molecule has 194 valence electrons. The number of methoxy groups -OCH3 is 1. The van der Waals surface area contributed by atoms with Crippen LogP contribution < -0.4 is 24.7 Å². The van der Waals surface area contributed by atoms with Gasteiger partial charge in [0, 0.05) is 42.8 Å². The molecule has 0 unspecified atom stereocenters. The normalized spacial score (nSPS) is 15.5. The highest BCUT2D eigenvalue weighted by Crippen LogP contribution is 2.34. The first-order chi connectivity index (χ1) is 18.1. The standard InChI is InChI=1S/C27H30ClIN6O2/c1-36-23-15-19(14-22(29)26(23)37-18-20-8-2-3-9-21(20)28)17-30-33-24-16-25(34-10-4-5-11-34)32-27(31-24)35-12-6-7-13-35/h2-3,8-9,14-17H,4-7,10-13,18H2,1H3,(H,31,32,33)/b30-17+. The minimum Gasteiger partial charge on any atom is -0.493 e. The molecule has 1 N–H and O–H groups in total. The van der Waals surface area contributed by atoms with Crippen LogP contribution in [0.5, 0.6) is 11.5 Å². The number of hydrogen-bond acceptors (Lipinski definition) is 8. The quantitative estimate of drug-likeness (QED) is 0.177. The second-order valence-corrected chi connectivity index (χ2v) is 10.7. The first-order valence-corrected chi connectivity index (χ1v) is 14.0. The first kappa shape index (κ1) is 25.8. The molecule has 5 rings (SSSR count). The zero-order valence-corrected chi connectivity index (χ0v) is 23.7. The SMILES string of the molecule is COc1cc(/C=N/Nc2cc(N3CCCC3)nc(N3CCCC3)n2)cc(I)c1OCc1ccccc1Cl. The summed E-state index contributed by atoms with van der Waals surface area (Å²) < 4.78 is 12.6. The average Bonchev–Trinajstić information content (AvgIpc) is 3.64. The predicted octanol–water partition coefficient (Wildman–Crippen LogP) is 5.97. The molecule has 2 fully saturated rings. The number of nitrogens with zero attached hydrogens (tertiary/aromatic N) is 5. The molecule has 2 saturated heterocycles. The monoisotopic (exact) mass is 632 g/mol. The molecule has 1 aromatic heterocycles. The largest absolute Gasteiger partial charge is 0.493 e. The maximum atomic E-state index is 6.28. The number of benzene rings is 2. The summed E-state index contributed by atoms with van der Waals surface area (Å²) in [7, 11) is 1.63. The van der Waals surface area contributed by atoms with Crippen LogP contribution in [0.4, 0.5) is 17.6 Å². The van der Waals surface area contributed by atoms with Crippen LogP contribution in [-0.4, -0.2) is 49.5 Å². The van der Waals surface area contributed by atoms with Crippen molar-refractivity contribution >= 4 is 58.0 Å². The lowest BCUT2D eigenvalue weighted by Crippen LogP contribution is -2.24. The maximum Gasteiger partial charge on any atom is 0.229 e. The topological polar surface area (TPSA) is 75.1 Å². The van der Waals surface area contributed by atoms with Gasteiger partial charge in [0.1, 0.15) is 12.4 Å². The molecule has 3 heterocycles. The van der Waals surface area contributed by atoms with Crippen LogP contribution in [0.3, 0.4) is 0 Å². The third-order valence-corrected chi connectivity index (χ3v) is 7.66. The van der Waals surface area contributed by atoms with Gasteiger partial charge in [-0.05, 0) is 72.0 Å². The molecule has 2 aliphatic heterocycles. The molecule has 0 aliphatic carbocycles. The minimum atomic E-state index is 0.355. The van der Waals surface area contributed by atoms with E-state index in [1.165, 1.54) is 25.7 Å². The Balaban J connectivity index is 1.31. The van der Waals surface area contributed by atoms with Gasteiger partial charge in [-0.3, -0.25) is 5.43 Å². The van der Waals surface area contributed by atoms with Crippen molar-refractivity contribution in [3.05, 3.63) is 62.2 Å².